The van der Waals surface area contributed by atoms with Crippen LogP contribution in [-0.2, 0) is 23.8 Å². The summed E-state index contributed by atoms with van der Waals surface area (Å²) in [7, 11) is 1.30. The van der Waals surface area contributed by atoms with Crippen molar-refractivity contribution in [2.45, 2.75) is 52.4 Å². The zero-order chi connectivity index (χ0) is 15.1. The molecule has 1 amide bonds. The number of methoxy groups -OCH3 is 1. The molecular formula is C14H23NO5. The van der Waals surface area contributed by atoms with Gasteiger partial charge < -0.3 is 19.5 Å². The average molecular weight is 285 g/mol. The summed E-state index contributed by atoms with van der Waals surface area (Å²) in [5.74, 6) is -0.269. The fourth-order valence-electron chi connectivity index (χ4n) is 2.10. The van der Waals surface area contributed by atoms with E-state index in [-0.39, 0.29) is 5.91 Å². The molecule has 0 bridgehead atoms. The number of ether oxygens (including phenoxy) is 3. The lowest BCUT2D eigenvalue weighted by molar-refractivity contribution is -0.146. The van der Waals surface area contributed by atoms with E-state index >= 15 is 0 Å². The number of allylic oxidation sites excluding steroid dienone is 1. The average Bonchev–Trinajstić information content (AvgIpc) is 2.37. The Morgan fingerprint density at radius 1 is 1.45 bits per heavy atom. The molecule has 0 spiro atoms. The van der Waals surface area contributed by atoms with E-state index in [0.717, 1.165) is 12.8 Å². The van der Waals surface area contributed by atoms with Crippen molar-refractivity contribution in [3.8, 4) is 0 Å². The van der Waals surface area contributed by atoms with Gasteiger partial charge in [-0.05, 0) is 13.3 Å². The van der Waals surface area contributed by atoms with Gasteiger partial charge in [-0.2, -0.15) is 0 Å². The largest absolute Gasteiger partial charge is 0.469 e. The van der Waals surface area contributed by atoms with E-state index in [4.69, 9.17) is 14.2 Å². The molecule has 1 rings (SSSR count). The van der Waals surface area contributed by atoms with Crippen LogP contribution in [0.1, 0.15) is 40.0 Å². The zero-order valence-electron chi connectivity index (χ0n) is 12.5. The lowest BCUT2D eigenvalue weighted by Gasteiger charge is -2.32. The first-order valence-electron chi connectivity index (χ1n) is 6.84. The Bertz CT molecular complexity index is 391. The van der Waals surface area contributed by atoms with Gasteiger partial charge in [0.05, 0.1) is 25.3 Å². The number of hydrogen-bond donors (Lipinski definition) is 1. The molecule has 0 radical (unpaired) electrons. The van der Waals surface area contributed by atoms with Crippen LogP contribution in [0.3, 0.4) is 0 Å². The smallest absolute Gasteiger partial charge is 0.339 e. The summed E-state index contributed by atoms with van der Waals surface area (Å²) in [5, 5.41) is 2.74. The Hall–Kier alpha value is -1.56. The number of nitrogens with one attached hydrogen (secondary N) is 1. The molecule has 6 nitrogen and oxygen atoms in total. The third-order valence-corrected chi connectivity index (χ3v) is 3.05. The molecule has 1 aliphatic heterocycles. The van der Waals surface area contributed by atoms with Crippen molar-refractivity contribution in [1.29, 1.82) is 0 Å². The predicted octanol–water partition coefficient (Wildman–Crippen LogP) is 1.50. The Balaban J connectivity index is 2.81. The quantitative estimate of drug-likeness (QED) is 0.591. The summed E-state index contributed by atoms with van der Waals surface area (Å²) in [5.41, 5.74) is 0.345. The molecule has 114 valence electrons. The van der Waals surface area contributed by atoms with Crippen LogP contribution in [0.2, 0.25) is 0 Å². The highest BCUT2D eigenvalue weighted by Crippen LogP contribution is 2.26. The molecule has 1 aliphatic rings. The van der Waals surface area contributed by atoms with E-state index in [2.05, 4.69) is 12.2 Å². The van der Waals surface area contributed by atoms with E-state index in [9.17, 15) is 9.59 Å². The third-order valence-electron chi connectivity index (χ3n) is 3.05. The highest BCUT2D eigenvalue weighted by Gasteiger charge is 2.34. The SMILES string of the molecule is CCCCOC1CC(NC(C)=O)C(C(=O)OC)=C(C)O1. The number of hydrogen-bond acceptors (Lipinski definition) is 5. The van der Waals surface area contributed by atoms with Crippen LogP contribution in [0.25, 0.3) is 0 Å². The van der Waals surface area contributed by atoms with Crippen molar-refractivity contribution >= 4 is 11.9 Å². The van der Waals surface area contributed by atoms with Crippen LogP contribution in [0.5, 0.6) is 0 Å². The summed E-state index contributed by atoms with van der Waals surface area (Å²) in [6, 6.07) is -0.444. The maximum absolute atomic E-state index is 11.8. The molecule has 20 heavy (non-hydrogen) atoms. The van der Waals surface area contributed by atoms with Crippen LogP contribution >= 0.6 is 0 Å². The van der Waals surface area contributed by atoms with Gasteiger partial charge in [0.25, 0.3) is 0 Å². The summed E-state index contributed by atoms with van der Waals surface area (Å²) in [4.78, 5) is 23.1. The number of amides is 1. The number of esters is 1. The normalized spacial score (nSPS) is 22.2. The first kappa shape index (κ1) is 16.5. The van der Waals surface area contributed by atoms with Gasteiger partial charge in [-0.3, -0.25) is 4.79 Å². The van der Waals surface area contributed by atoms with Gasteiger partial charge in [0.1, 0.15) is 5.76 Å². The van der Waals surface area contributed by atoms with Gasteiger partial charge in [0.2, 0.25) is 12.2 Å². The molecule has 0 aromatic carbocycles. The van der Waals surface area contributed by atoms with E-state index in [1.165, 1.54) is 14.0 Å². The molecule has 1 heterocycles. The molecule has 1 N–H and O–H groups in total. The second-order valence-electron chi connectivity index (χ2n) is 4.72. The molecule has 6 heteroatoms. The Morgan fingerprint density at radius 3 is 2.70 bits per heavy atom. The highest BCUT2D eigenvalue weighted by atomic mass is 16.7. The van der Waals surface area contributed by atoms with Crippen LogP contribution in [0, 0.1) is 0 Å². The molecule has 2 unspecified atom stereocenters. The monoisotopic (exact) mass is 285 g/mol. The van der Waals surface area contributed by atoms with Crippen molar-refractivity contribution < 1.29 is 23.8 Å². The summed E-state index contributed by atoms with van der Waals surface area (Å²) in [6.45, 7) is 5.75. The predicted molar refractivity (Wildman–Crippen MR) is 72.7 cm³/mol. The molecule has 2 atom stereocenters. The van der Waals surface area contributed by atoms with Crippen molar-refractivity contribution in [1.82, 2.24) is 5.32 Å². The number of unbranched alkanes of at least 4 members (excludes halogenated alkanes) is 1. The standard InChI is InChI=1S/C14H23NO5/c1-5-6-7-19-12-8-11(15-10(3)16)13(9(2)20-12)14(17)18-4/h11-12H,5-8H2,1-4H3,(H,15,16). The number of rotatable bonds is 6. The van der Waals surface area contributed by atoms with Crippen LogP contribution < -0.4 is 5.32 Å². The first-order valence-corrected chi connectivity index (χ1v) is 6.84. The maximum Gasteiger partial charge on any atom is 0.339 e. The number of carbonyl (C=O) groups is 2. The molecule has 0 aromatic rings. The number of carbonyl (C=O) groups excluding carboxylic acids is 2. The Morgan fingerprint density at radius 2 is 2.15 bits per heavy atom. The van der Waals surface area contributed by atoms with Gasteiger partial charge in [-0.25, -0.2) is 4.79 Å². The molecule has 0 fully saturated rings. The molecule has 0 aromatic heterocycles. The van der Waals surface area contributed by atoms with Crippen molar-refractivity contribution in [3.05, 3.63) is 11.3 Å². The second kappa shape index (κ2) is 7.89. The third kappa shape index (κ3) is 4.52. The summed E-state index contributed by atoms with van der Waals surface area (Å²) >= 11 is 0. The van der Waals surface area contributed by atoms with Gasteiger partial charge >= 0.3 is 5.97 Å². The maximum atomic E-state index is 11.8. The fourth-order valence-corrected chi connectivity index (χ4v) is 2.10. The van der Waals surface area contributed by atoms with Crippen molar-refractivity contribution in [3.63, 3.8) is 0 Å². The van der Waals surface area contributed by atoms with Crippen molar-refractivity contribution in [2.24, 2.45) is 0 Å². The Labute approximate surface area is 119 Å². The minimum absolute atomic E-state index is 0.210. The minimum atomic E-state index is -0.492. The topological polar surface area (TPSA) is 73.9 Å². The zero-order valence-corrected chi connectivity index (χ0v) is 12.5. The minimum Gasteiger partial charge on any atom is -0.469 e. The van der Waals surface area contributed by atoms with Crippen LogP contribution in [0.4, 0.5) is 0 Å². The molecule has 0 saturated carbocycles. The molecule has 0 saturated heterocycles. The lowest BCUT2D eigenvalue weighted by atomic mass is 9.99. The first-order chi connectivity index (χ1) is 9.49. The summed E-state index contributed by atoms with van der Waals surface area (Å²) < 4.78 is 15.9. The van der Waals surface area contributed by atoms with E-state index in [1.807, 2.05) is 0 Å². The Kier molecular flexibility index (Phi) is 6.51. The molecule has 0 aliphatic carbocycles. The van der Waals surface area contributed by atoms with E-state index in [1.54, 1.807) is 6.92 Å². The van der Waals surface area contributed by atoms with Crippen molar-refractivity contribution in [2.75, 3.05) is 13.7 Å². The van der Waals surface area contributed by atoms with Gasteiger partial charge in [0, 0.05) is 13.3 Å². The molecular weight excluding hydrogens is 262 g/mol. The van der Waals surface area contributed by atoms with E-state index in [0.29, 0.717) is 24.4 Å². The van der Waals surface area contributed by atoms with Crippen LogP contribution in [0.15, 0.2) is 11.3 Å². The van der Waals surface area contributed by atoms with Gasteiger partial charge in [-0.1, -0.05) is 13.3 Å². The van der Waals surface area contributed by atoms with Crippen LogP contribution in [-0.4, -0.2) is 37.9 Å². The lowest BCUT2D eigenvalue weighted by Crippen LogP contribution is -2.44. The van der Waals surface area contributed by atoms with Gasteiger partial charge in [0.15, 0.2) is 0 Å². The highest BCUT2D eigenvalue weighted by molar-refractivity contribution is 5.91. The summed E-state index contributed by atoms with van der Waals surface area (Å²) in [6.07, 6.45) is 1.92. The fraction of sp³-hybridized carbons (Fsp3) is 0.714. The second-order valence-corrected chi connectivity index (χ2v) is 4.72. The van der Waals surface area contributed by atoms with E-state index < -0.39 is 18.3 Å². The van der Waals surface area contributed by atoms with Gasteiger partial charge in [-0.15, -0.1) is 0 Å².